The van der Waals surface area contributed by atoms with Crippen molar-refractivity contribution < 1.29 is 4.79 Å². The van der Waals surface area contributed by atoms with Gasteiger partial charge in [-0.1, -0.05) is 0 Å². The Kier molecular flexibility index (Phi) is 5.21. The summed E-state index contributed by atoms with van der Waals surface area (Å²) < 4.78 is 1.81. The molecule has 1 aliphatic rings. The lowest BCUT2D eigenvalue weighted by Gasteiger charge is -2.33. The van der Waals surface area contributed by atoms with Crippen LogP contribution in [0.15, 0.2) is 49.3 Å². The van der Waals surface area contributed by atoms with Gasteiger partial charge in [0, 0.05) is 37.7 Å². The zero-order chi connectivity index (χ0) is 21.9. The molecule has 2 N–H and O–H groups in total. The number of carbonyl (C=O) groups excluding carboxylic acids is 1. The predicted molar refractivity (Wildman–Crippen MR) is 116 cm³/mol. The smallest absolute Gasteiger partial charge is 0.228 e. The molecule has 0 aliphatic carbocycles. The van der Waals surface area contributed by atoms with Gasteiger partial charge in [0.15, 0.2) is 5.82 Å². The van der Waals surface area contributed by atoms with E-state index in [9.17, 15) is 10.1 Å². The Labute approximate surface area is 184 Å². The number of aromatic amines is 1. The number of imidazole rings is 2. The van der Waals surface area contributed by atoms with Crippen LogP contribution in [0.4, 0.5) is 5.82 Å². The second kappa shape index (κ2) is 8.47. The van der Waals surface area contributed by atoms with E-state index in [1.807, 2.05) is 15.4 Å². The molecule has 1 amide bonds. The molecule has 1 fully saturated rings. The van der Waals surface area contributed by atoms with E-state index in [2.05, 4.69) is 36.3 Å². The third-order valence-electron chi connectivity index (χ3n) is 5.53. The number of pyridine rings is 1. The average molecular weight is 427 g/mol. The maximum atomic E-state index is 12.6. The van der Waals surface area contributed by atoms with Gasteiger partial charge in [0.2, 0.25) is 5.91 Å². The van der Waals surface area contributed by atoms with E-state index in [4.69, 9.17) is 0 Å². The predicted octanol–water partition coefficient (Wildman–Crippen LogP) is 2.03. The van der Waals surface area contributed by atoms with Crippen LogP contribution in [0.2, 0.25) is 0 Å². The van der Waals surface area contributed by atoms with Gasteiger partial charge in [-0.15, -0.1) is 0 Å². The molecule has 160 valence electrons. The molecule has 0 aromatic carbocycles. The van der Waals surface area contributed by atoms with Crippen LogP contribution in [-0.2, 0) is 11.2 Å². The normalized spacial score (nSPS) is 16.1. The zero-order valence-corrected chi connectivity index (χ0v) is 17.3. The van der Waals surface area contributed by atoms with Crippen molar-refractivity contribution in [2.24, 2.45) is 0 Å². The van der Waals surface area contributed by atoms with Crippen molar-refractivity contribution in [3.63, 3.8) is 0 Å². The number of hydrogen-bond acceptors (Lipinski definition) is 7. The zero-order valence-electron chi connectivity index (χ0n) is 17.3. The summed E-state index contributed by atoms with van der Waals surface area (Å²) in [7, 11) is 0. The van der Waals surface area contributed by atoms with Crippen molar-refractivity contribution in [2.45, 2.75) is 25.3 Å². The van der Waals surface area contributed by atoms with Crippen LogP contribution in [-0.4, -0.2) is 59.3 Å². The fourth-order valence-corrected chi connectivity index (χ4v) is 3.96. The van der Waals surface area contributed by atoms with Crippen molar-refractivity contribution in [3.8, 4) is 17.6 Å². The molecule has 1 unspecified atom stereocenters. The molecule has 5 heterocycles. The lowest BCUT2D eigenvalue weighted by atomic mass is 10.1. The van der Waals surface area contributed by atoms with Gasteiger partial charge in [-0.25, -0.2) is 19.9 Å². The van der Waals surface area contributed by atoms with Gasteiger partial charge in [0.05, 0.1) is 30.2 Å². The Balaban J connectivity index is 1.31. The number of nitrogens with one attached hydrogen (secondary N) is 2. The monoisotopic (exact) mass is 427 g/mol. The summed E-state index contributed by atoms with van der Waals surface area (Å²) in [5.41, 5.74) is 2.71. The first kappa shape index (κ1) is 19.7. The Morgan fingerprint density at radius 3 is 3.06 bits per heavy atom. The van der Waals surface area contributed by atoms with E-state index in [1.54, 1.807) is 43.2 Å². The number of nitrogens with zero attached hydrogens (tertiary/aromatic N) is 7. The summed E-state index contributed by atoms with van der Waals surface area (Å²) in [5.74, 6) is 1.28. The first-order valence-electron chi connectivity index (χ1n) is 10.4. The maximum absolute atomic E-state index is 12.6. The summed E-state index contributed by atoms with van der Waals surface area (Å²) in [6, 6.07) is 7.58. The molecule has 0 bridgehead atoms. The third-order valence-corrected chi connectivity index (χ3v) is 5.53. The third kappa shape index (κ3) is 4.00. The van der Waals surface area contributed by atoms with E-state index in [1.165, 1.54) is 0 Å². The Morgan fingerprint density at radius 1 is 1.28 bits per heavy atom. The quantitative estimate of drug-likeness (QED) is 0.499. The highest BCUT2D eigenvalue weighted by Crippen LogP contribution is 2.21. The van der Waals surface area contributed by atoms with Crippen molar-refractivity contribution in [2.75, 3.05) is 18.4 Å². The van der Waals surface area contributed by atoms with Crippen LogP contribution in [0.3, 0.4) is 0 Å². The number of H-pyrrole nitrogens is 1. The molecule has 10 heteroatoms. The number of anilines is 1. The van der Waals surface area contributed by atoms with Crippen LogP contribution >= 0.6 is 0 Å². The van der Waals surface area contributed by atoms with Gasteiger partial charge >= 0.3 is 0 Å². The molecule has 0 saturated carbocycles. The maximum Gasteiger partial charge on any atom is 0.228 e. The minimum absolute atomic E-state index is 0.0750. The van der Waals surface area contributed by atoms with Crippen LogP contribution in [0.25, 0.3) is 17.2 Å². The summed E-state index contributed by atoms with van der Waals surface area (Å²) in [6.45, 7) is 1.36. The average Bonchev–Trinajstić information content (AvgIpc) is 3.48. The van der Waals surface area contributed by atoms with Crippen LogP contribution in [0, 0.1) is 11.3 Å². The molecule has 0 spiro atoms. The lowest BCUT2D eigenvalue weighted by molar-refractivity contribution is -0.131. The molecule has 4 aromatic rings. The molecule has 1 aliphatic heterocycles. The second-order valence-corrected chi connectivity index (χ2v) is 7.73. The van der Waals surface area contributed by atoms with E-state index >= 15 is 0 Å². The summed E-state index contributed by atoms with van der Waals surface area (Å²) in [4.78, 5) is 35.0. The van der Waals surface area contributed by atoms with Gasteiger partial charge in [-0.2, -0.15) is 5.26 Å². The molecule has 32 heavy (non-hydrogen) atoms. The highest BCUT2D eigenvalue weighted by molar-refractivity contribution is 5.78. The van der Waals surface area contributed by atoms with Gasteiger partial charge in [-0.05, 0) is 31.0 Å². The Bertz CT molecular complexity index is 1290. The molecule has 1 atom stereocenters. The topological polar surface area (TPSA) is 128 Å². The van der Waals surface area contributed by atoms with Crippen molar-refractivity contribution in [1.82, 2.24) is 34.2 Å². The number of carbonyl (C=O) groups is 1. The van der Waals surface area contributed by atoms with E-state index < -0.39 is 0 Å². The van der Waals surface area contributed by atoms with Gasteiger partial charge in [-0.3, -0.25) is 9.20 Å². The first-order chi connectivity index (χ1) is 15.7. The number of fused-ring (bicyclic) bond motifs is 1. The molecular formula is C22H21N9O. The largest absolute Gasteiger partial charge is 0.365 e. The second-order valence-electron chi connectivity index (χ2n) is 7.73. The molecular weight excluding hydrogens is 406 g/mol. The Morgan fingerprint density at radius 2 is 2.22 bits per heavy atom. The van der Waals surface area contributed by atoms with E-state index in [0.717, 1.165) is 30.7 Å². The van der Waals surface area contributed by atoms with Crippen molar-refractivity contribution >= 4 is 17.4 Å². The summed E-state index contributed by atoms with van der Waals surface area (Å²) >= 11 is 0. The number of aromatic nitrogens is 6. The molecule has 4 aromatic heterocycles. The van der Waals surface area contributed by atoms with E-state index in [-0.39, 0.29) is 11.9 Å². The molecule has 10 nitrogen and oxygen atoms in total. The molecule has 1 saturated heterocycles. The first-order valence-corrected chi connectivity index (χ1v) is 10.4. The number of likely N-dealkylation sites (tertiary alicyclic amines) is 1. The lowest BCUT2D eigenvalue weighted by Crippen LogP contribution is -2.45. The highest BCUT2D eigenvalue weighted by atomic mass is 16.2. The number of piperidine rings is 1. The van der Waals surface area contributed by atoms with Crippen LogP contribution < -0.4 is 5.32 Å². The fourth-order valence-electron chi connectivity index (χ4n) is 3.96. The number of amides is 1. The van der Waals surface area contributed by atoms with Crippen molar-refractivity contribution in [3.05, 3.63) is 60.6 Å². The Hall–Kier alpha value is -4.26. The summed E-state index contributed by atoms with van der Waals surface area (Å²) in [6.07, 6.45) is 10.6. The minimum Gasteiger partial charge on any atom is -0.365 e. The SMILES string of the molecule is N#Cc1ccc2ncc(-c3nccc(NC4CCCN(C(=O)Cc5c[nH]cn5)C4)n3)n2c1. The van der Waals surface area contributed by atoms with Crippen LogP contribution in [0.5, 0.6) is 0 Å². The fraction of sp³-hybridized carbons (Fsp3) is 0.273. The number of rotatable bonds is 5. The summed E-state index contributed by atoms with van der Waals surface area (Å²) in [5, 5.41) is 12.6. The van der Waals surface area contributed by atoms with Crippen molar-refractivity contribution in [1.29, 1.82) is 5.26 Å². The standard InChI is InChI=1S/C22H21N9O/c23-9-15-3-4-20-26-11-18(31(20)12-15)22-25-6-5-19(29-22)28-16-2-1-7-30(13-16)21(32)8-17-10-24-14-27-17/h3-6,10-12,14,16H,1-2,7-8,13H2,(H,24,27)(H,25,28,29). The minimum atomic E-state index is 0.0750. The molecule has 0 radical (unpaired) electrons. The van der Waals surface area contributed by atoms with Gasteiger partial charge in [0.1, 0.15) is 23.2 Å². The number of nitriles is 1. The van der Waals surface area contributed by atoms with Gasteiger partial charge < -0.3 is 15.2 Å². The number of hydrogen-bond donors (Lipinski definition) is 2. The molecule has 5 rings (SSSR count). The van der Waals surface area contributed by atoms with E-state index in [0.29, 0.717) is 35.9 Å². The highest BCUT2D eigenvalue weighted by Gasteiger charge is 2.24. The van der Waals surface area contributed by atoms with Crippen LogP contribution in [0.1, 0.15) is 24.1 Å². The van der Waals surface area contributed by atoms with Gasteiger partial charge in [0.25, 0.3) is 0 Å².